The molecule has 0 saturated carbocycles. The van der Waals surface area contributed by atoms with Crippen LogP contribution in [-0.2, 0) is 24.3 Å². The van der Waals surface area contributed by atoms with E-state index < -0.39 is 23.5 Å². The van der Waals surface area contributed by atoms with Gasteiger partial charge in [-0.3, -0.25) is 9.59 Å². The monoisotopic (exact) mass is 435 g/mol. The Hall–Kier alpha value is -3.54. The fourth-order valence-electron chi connectivity index (χ4n) is 4.50. The third-order valence-corrected chi connectivity index (χ3v) is 6.22. The van der Waals surface area contributed by atoms with Gasteiger partial charge in [0.1, 0.15) is 0 Å². The molecule has 0 bridgehead atoms. The van der Waals surface area contributed by atoms with Crippen molar-refractivity contribution in [3.05, 3.63) is 93.0 Å². The van der Waals surface area contributed by atoms with Crippen LogP contribution in [0, 0.1) is 32.4 Å². The zero-order valence-corrected chi connectivity index (χ0v) is 18.1. The van der Waals surface area contributed by atoms with E-state index in [0.717, 1.165) is 56.6 Å². The Bertz CT molecular complexity index is 1250. The molecule has 0 unspecified atom stereocenters. The van der Waals surface area contributed by atoms with Crippen molar-refractivity contribution in [3.63, 3.8) is 0 Å². The van der Waals surface area contributed by atoms with Crippen LogP contribution in [0.1, 0.15) is 43.7 Å². The summed E-state index contributed by atoms with van der Waals surface area (Å²) in [6, 6.07) is 11.1. The number of benzene rings is 3. The highest BCUT2D eigenvalue weighted by atomic mass is 19.2. The smallest absolute Gasteiger partial charge is 0.307 e. The lowest BCUT2D eigenvalue weighted by molar-refractivity contribution is -0.136. The summed E-state index contributed by atoms with van der Waals surface area (Å²) < 4.78 is 27.0. The maximum atomic E-state index is 13.7. The predicted molar refractivity (Wildman–Crippen MR) is 117 cm³/mol. The molecule has 0 atom stereocenters. The molecule has 0 aliphatic carbocycles. The first-order valence-electron chi connectivity index (χ1n) is 10.3. The van der Waals surface area contributed by atoms with Gasteiger partial charge in [-0.1, -0.05) is 29.8 Å². The molecule has 3 aromatic rings. The first-order valence-corrected chi connectivity index (χ1v) is 10.3. The molecule has 0 spiro atoms. The van der Waals surface area contributed by atoms with Gasteiger partial charge in [0.05, 0.1) is 6.42 Å². The van der Waals surface area contributed by atoms with Gasteiger partial charge in [0.25, 0.3) is 5.91 Å². The predicted octanol–water partition coefficient (Wildman–Crippen LogP) is 5.34. The van der Waals surface area contributed by atoms with Crippen LogP contribution in [0.3, 0.4) is 0 Å². The highest BCUT2D eigenvalue weighted by molar-refractivity contribution is 5.95. The molecular weight excluding hydrogens is 412 g/mol. The summed E-state index contributed by atoms with van der Waals surface area (Å²) >= 11 is 0. The Morgan fingerprint density at radius 3 is 2.12 bits per heavy atom. The molecule has 6 heteroatoms. The second-order valence-corrected chi connectivity index (χ2v) is 8.29. The van der Waals surface area contributed by atoms with E-state index in [9.17, 15) is 23.5 Å². The maximum absolute atomic E-state index is 13.7. The van der Waals surface area contributed by atoms with E-state index in [2.05, 4.69) is 0 Å². The SMILES string of the molecule is Cc1ccc(-c2c(C)c3c(c(C)c2CC(=O)O)CN(C(=O)c2ccc(F)c(F)c2)C3)cc1. The van der Waals surface area contributed by atoms with Crippen LogP contribution in [0.2, 0.25) is 0 Å². The molecule has 1 amide bonds. The zero-order chi connectivity index (χ0) is 23.2. The van der Waals surface area contributed by atoms with Crippen LogP contribution < -0.4 is 0 Å². The van der Waals surface area contributed by atoms with Gasteiger partial charge in [-0.25, -0.2) is 8.78 Å². The summed E-state index contributed by atoms with van der Waals surface area (Å²) in [5.41, 5.74) is 7.42. The Morgan fingerprint density at radius 2 is 1.53 bits per heavy atom. The third-order valence-electron chi connectivity index (χ3n) is 6.22. The lowest BCUT2D eigenvalue weighted by Crippen LogP contribution is -2.25. The van der Waals surface area contributed by atoms with Gasteiger partial charge in [-0.2, -0.15) is 0 Å². The second kappa shape index (κ2) is 8.19. The number of aliphatic carboxylic acids is 1. The van der Waals surface area contributed by atoms with Gasteiger partial charge in [-0.15, -0.1) is 0 Å². The highest BCUT2D eigenvalue weighted by Crippen LogP contribution is 2.40. The van der Waals surface area contributed by atoms with Gasteiger partial charge >= 0.3 is 5.97 Å². The largest absolute Gasteiger partial charge is 0.481 e. The maximum Gasteiger partial charge on any atom is 0.307 e. The molecule has 0 radical (unpaired) electrons. The average Bonchev–Trinajstić information content (AvgIpc) is 3.20. The number of nitrogens with zero attached hydrogens (tertiary/aromatic N) is 1. The van der Waals surface area contributed by atoms with Crippen LogP contribution in [0.15, 0.2) is 42.5 Å². The van der Waals surface area contributed by atoms with E-state index in [-0.39, 0.29) is 12.0 Å². The highest BCUT2D eigenvalue weighted by Gasteiger charge is 2.31. The number of rotatable bonds is 4. The van der Waals surface area contributed by atoms with E-state index in [4.69, 9.17) is 0 Å². The Labute approximate surface area is 185 Å². The van der Waals surface area contributed by atoms with Gasteiger partial charge in [0.2, 0.25) is 0 Å². The number of carbonyl (C=O) groups excluding carboxylic acids is 1. The standard InChI is InChI=1S/C26H23F2NO3/c1-14-4-6-17(7-5-14)25-16(3)21-13-29(12-20(21)15(2)19(25)11-24(30)31)26(32)18-8-9-22(27)23(28)10-18/h4-10H,11-13H2,1-3H3,(H,30,31). The number of fused-ring (bicyclic) bond motifs is 1. The van der Waals surface area contributed by atoms with Crippen molar-refractivity contribution < 1.29 is 23.5 Å². The van der Waals surface area contributed by atoms with Crippen molar-refractivity contribution in [2.24, 2.45) is 0 Å². The molecule has 1 aliphatic rings. The molecule has 32 heavy (non-hydrogen) atoms. The summed E-state index contributed by atoms with van der Waals surface area (Å²) in [4.78, 5) is 26.2. The molecule has 0 fully saturated rings. The normalized spacial score (nSPS) is 12.7. The Morgan fingerprint density at radius 1 is 0.906 bits per heavy atom. The van der Waals surface area contributed by atoms with Crippen molar-refractivity contribution in [2.75, 3.05) is 0 Å². The number of carboxylic acids is 1. The molecular formula is C26H23F2NO3. The fourth-order valence-corrected chi connectivity index (χ4v) is 4.50. The summed E-state index contributed by atoms with van der Waals surface area (Å²) in [7, 11) is 0. The van der Waals surface area contributed by atoms with Gasteiger partial charge in [-0.05, 0) is 77.9 Å². The van der Waals surface area contributed by atoms with E-state index in [1.54, 1.807) is 4.90 Å². The molecule has 164 valence electrons. The van der Waals surface area contributed by atoms with Crippen LogP contribution in [0.25, 0.3) is 11.1 Å². The van der Waals surface area contributed by atoms with Gasteiger partial charge in [0, 0.05) is 18.7 Å². The molecule has 1 aliphatic heterocycles. The number of carbonyl (C=O) groups is 2. The molecule has 4 rings (SSSR count). The lowest BCUT2D eigenvalue weighted by atomic mass is 9.84. The summed E-state index contributed by atoms with van der Waals surface area (Å²) in [5, 5.41) is 9.55. The van der Waals surface area contributed by atoms with Crippen LogP contribution >= 0.6 is 0 Å². The van der Waals surface area contributed by atoms with Crippen molar-refractivity contribution in [3.8, 4) is 11.1 Å². The van der Waals surface area contributed by atoms with Crippen LogP contribution in [0.4, 0.5) is 8.78 Å². The van der Waals surface area contributed by atoms with E-state index in [1.165, 1.54) is 6.07 Å². The second-order valence-electron chi connectivity index (χ2n) is 8.29. The van der Waals surface area contributed by atoms with Gasteiger partial charge < -0.3 is 10.0 Å². The number of hydrogen-bond acceptors (Lipinski definition) is 2. The summed E-state index contributed by atoms with van der Waals surface area (Å²) in [6.45, 7) is 6.45. The number of aryl methyl sites for hydroxylation is 1. The van der Waals surface area contributed by atoms with E-state index in [1.807, 2.05) is 45.0 Å². The van der Waals surface area contributed by atoms with Crippen LogP contribution in [0.5, 0.6) is 0 Å². The molecule has 3 aromatic carbocycles. The molecule has 1 N–H and O–H groups in total. The van der Waals surface area contributed by atoms with Crippen LogP contribution in [-0.4, -0.2) is 21.9 Å². The summed E-state index contributed by atoms with van der Waals surface area (Å²) in [6.07, 6.45) is -0.125. The zero-order valence-electron chi connectivity index (χ0n) is 18.1. The van der Waals surface area contributed by atoms with Crippen molar-refractivity contribution in [1.29, 1.82) is 0 Å². The first kappa shape index (κ1) is 21.7. The Kier molecular flexibility index (Phi) is 5.55. The minimum absolute atomic E-state index is 0.0801. The minimum atomic E-state index is -1.06. The average molecular weight is 435 g/mol. The van der Waals surface area contributed by atoms with Crippen molar-refractivity contribution in [2.45, 2.75) is 40.3 Å². The first-order chi connectivity index (χ1) is 15.2. The van der Waals surface area contributed by atoms with Gasteiger partial charge in [0.15, 0.2) is 11.6 Å². The number of amides is 1. The molecule has 0 saturated heterocycles. The van der Waals surface area contributed by atoms with E-state index in [0.29, 0.717) is 13.1 Å². The minimum Gasteiger partial charge on any atom is -0.481 e. The fraction of sp³-hybridized carbons (Fsp3) is 0.231. The summed E-state index contributed by atoms with van der Waals surface area (Å²) in [5.74, 6) is -3.38. The molecule has 1 heterocycles. The van der Waals surface area contributed by atoms with Crippen molar-refractivity contribution >= 4 is 11.9 Å². The molecule has 4 nitrogen and oxygen atoms in total. The Balaban J connectivity index is 1.80. The molecule has 0 aromatic heterocycles. The third kappa shape index (κ3) is 3.77. The van der Waals surface area contributed by atoms with E-state index >= 15 is 0 Å². The quantitative estimate of drug-likeness (QED) is 0.602. The lowest BCUT2D eigenvalue weighted by Gasteiger charge is -2.19. The number of halogens is 2. The van der Waals surface area contributed by atoms with Crippen molar-refractivity contribution in [1.82, 2.24) is 4.90 Å². The number of carboxylic acid groups (broad SMARTS) is 1. The number of hydrogen-bond donors (Lipinski definition) is 1. The topological polar surface area (TPSA) is 57.6 Å².